The molecule has 1 aromatic heterocycles. The normalized spacial score (nSPS) is 19.3. The molecule has 0 saturated heterocycles. The van der Waals surface area contributed by atoms with E-state index in [1.54, 1.807) is 16.8 Å². The highest BCUT2D eigenvalue weighted by Gasteiger charge is 2.30. The Hall–Kier alpha value is -3.03. The fourth-order valence-electron chi connectivity index (χ4n) is 3.09. The highest BCUT2D eigenvalue weighted by atomic mass is 19.3. The molecule has 2 heterocycles. The van der Waals surface area contributed by atoms with Crippen LogP contribution >= 0.6 is 0 Å². The van der Waals surface area contributed by atoms with E-state index in [0.29, 0.717) is 5.95 Å². The molecule has 2 aromatic carbocycles. The number of tetrazole rings is 1. The first-order chi connectivity index (χ1) is 12.2. The molecular formula is C17H15F2N5O. The van der Waals surface area contributed by atoms with Gasteiger partial charge in [-0.15, -0.1) is 0 Å². The smallest absolute Gasteiger partial charge is 0.387 e. The molecule has 128 valence electrons. The Morgan fingerprint density at radius 1 is 1.04 bits per heavy atom. The zero-order valence-corrected chi connectivity index (χ0v) is 13.1. The maximum absolute atomic E-state index is 12.3. The molecule has 25 heavy (non-hydrogen) atoms. The number of halogens is 2. The van der Waals surface area contributed by atoms with Gasteiger partial charge in [-0.2, -0.15) is 8.78 Å². The number of hydrogen-bond acceptors (Lipinski definition) is 5. The van der Waals surface area contributed by atoms with Crippen LogP contribution in [0.3, 0.4) is 0 Å². The standard InChI is InChI=1S/C17H15F2N5O/c18-16(19)25-13-8-6-12(7-9-13)15-10-14(11-4-2-1-3-5-11)20-17-21-22-23-24(15)17/h1-9,14-16H,10H2,(H,20,21,23)/t14-,15+/m1/s1. The Balaban J connectivity index is 1.64. The summed E-state index contributed by atoms with van der Waals surface area (Å²) >= 11 is 0. The first kappa shape index (κ1) is 15.5. The minimum absolute atomic E-state index is 0.0571. The molecule has 1 N–H and O–H groups in total. The summed E-state index contributed by atoms with van der Waals surface area (Å²) in [4.78, 5) is 0. The predicted molar refractivity (Wildman–Crippen MR) is 86.5 cm³/mol. The van der Waals surface area contributed by atoms with Crippen molar-refractivity contribution in [3.05, 3.63) is 65.7 Å². The third kappa shape index (κ3) is 3.15. The van der Waals surface area contributed by atoms with Gasteiger partial charge in [0.15, 0.2) is 0 Å². The van der Waals surface area contributed by atoms with Gasteiger partial charge in [-0.3, -0.25) is 0 Å². The van der Waals surface area contributed by atoms with Crippen molar-refractivity contribution in [2.45, 2.75) is 25.1 Å². The number of anilines is 1. The van der Waals surface area contributed by atoms with Crippen molar-refractivity contribution < 1.29 is 13.5 Å². The minimum atomic E-state index is -2.83. The number of hydrogen-bond donors (Lipinski definition) is 1. The van der Waals surface area contributed by atoms with Crippen LogP contribution in [0.4, 0.5) is 14.7 Å². The van der Waals surface area contributed by atoms with Gasteiger partial charge in [-0.1, -0.05) is 47.6 Å². The molecule has 4 rings (SSSR count). The average Bonchev–Trinajstić information content (AvgIpc) is 3.10. The van der Waals surface area contributed by atoms with E-state index in [1.807, 2.05) is 30.3 Å². The molecule has 1 aliphatic heterocycles. The summed E-state index contributed by atoms with van der Waals surface area (Å²) in [6.07, 6.45) is 0.733. The molecule has 0 fully saturated rings. The Morgan fingerprint density at radius 3 is 2.52 bits per heavy atom. The second-order valence-electron chi connectivity index (χ2n) is 5.75. The highest BCUT2D eigenvalue weighted by Crippen LogP contribution is 2.37. The molecule has 0 amide bonds. The molecule has 0 aliphatic carbocycles. The van der Waals surface area contributed by atoms with Crippen LogP contribution < -0.4 is 10.1 Å². The summed E-state index contributed by atoms with van der Waals surface area (Å²) in [5.41, 5.74) is 2.07. The van der Waals surface area contributed by atoms with Crippen LogP contribution in [0.1, 0.15) is 29.6 Å². The second kappa shape index (κ2) is 6.46. The van der Waals surface area contributed by atoms with Crippen LogP contribution in [0.5, 0.6) is 5.75 Å². The topological polar surface area (TPSA) is 64.9 Å². The lowest BCUT2D eigenvalue weighted by molar-refractivity contribution is -0.0498. The van der Waals surface area contributed by atoms with E-state index in [-0.39, 0.29) is 17.8 Å². The van der Waals surface area contributed by atoms with E-state index in [0.717, 1.165) is 17.5 Å². The summed E-state index contributed by atoms with van der Waals surface area (Å²) < 4.78 is 30.7. The SMILES string of the molecule is FC(F)Oc1ccc([C@@H]2C[C@H](c3ccccc3)Nc3nnnn32)cc1. The Kier molecular flexibility index (Phi) is 4.01. The summed E-state index contributed by atoms with van der Waals surface area (Å²) in [6, 6.07) is 16.6. The number of nitrogens with zero attached hydrogens (tertiary/aromatic N) is 4. The molecule has 3 aromatic rings. The van der Waals surface area contributed by atoms with E-state index < -0.39 is 6.61 Å². The molecule has 0 spiro atoms. The van der Waals surface area contributed by atoms with E-state index in [4.69, 9.17) is 0 Å². The monoisotopic (exact) mass is 343 g/mol. The van der Waals surface area contributed by atoms with Crippen LogP contribution in [0.15, 0.2) is 54.6 Å². The van der Waals surface area contributed by atoms with Crippen molar-refractivity contribution in [3.8, 4) is 5.75 Å². The Labute approximate surface area is 142 Å². The van der Waals surface area contributed by atoms with Crippen molar-refractivity contribution in [1.82, 2.24) is 20.2 Å². The summed E-state index contributed by atoms with van der Waals surface area (Å²) in [6.45, 7) is -2.83. The van der Waals surface area contributed by atoms with Crippen molar-refractivity contribution in [3.63, 3.8) is 0 Å². The van der Waals surface area contributed by atoms with Crippen molar-refractivity contribution in [2.75, 3.05) is 5.32 Å². The summed E-state index contributed by atoms with van der Waals surface area (Å²) in [5.74, 6) is 0.710. The lowest BCUT2D eigenvalue weighted by atomic mass is 9.93. The highest BCUT2D eigenvalue weighted by molar-refractivity contribution is 5.38. The number of nitrogens with one attached hydrogen (secondary N) is 1. The van der Waals surface area contributed by atoms with Crippen molar-refractivity contribution >= 4 is 5.95 Å². The molecule has 0 saturated carbocycles. The Morgan fingerprint density at radius 2 is 1.80 bits per heavy atom. The van der Waals surface area contributed by atoms with Crippen molar-refractivity contribution in [2.24, 2.45) is 0 Å². The third-order valence-corrected chi connectivity index (χ3v) is 4.24. The Bertz CT molecular complexity index is 838. The maximum Gasteiger partial charge on any atom is 0.387 e. The molecule has 1 aliphatic rings. The largest absolute Gasteiger partial charge is 0.435 e. The molecule has 2 atom stereocenters. The van der Waals surface area contributed by atoms with Gasteiger partial charge >= 0.3 is 6.61 Å². The van der Waals surface area contributed by atoms with Gasteiger partial charge < -0.3 is 10.1 Å². The lowest BCUT2D eigenvalue weighted by Crippen LogP contribution is -2.28. The third-order valence-electron chi connectivity index (χ3n) is 4.24. The first-order valence-corrected chi connectivity index (χ1v) is 7.85. The summed E-state index contributed by atoms with van der Waals surface area (Å²) in [5, 5.41) is 15.2. The number of fused-ring (bicyclic) bond motifs is 1. The van der Waals surface area contributed by atoms with Gasteiger partial charge in [-0.25, -0.2) is 4.68 Å². The van der Waals surface area contributed by atoms with Crippen molar-refractivity contribution in [1.29, 1.82) is 0 Å². The molecule has 8 heteroatoms. The first-order valence-electron chi connectivity index (χ1n) is 7.85. The quantitative estimate of drug-likeness (QED) is 0.786. The van der Waals surface area contributed by atoms with Gasteiger partial charge in [-0.05, 0) is 40.1 Å². The van der Waals surface area contributed by atoms with Crippen LogP contribution in [-0.2, 0) is 0 Å². The van der Waals surface area contributed by atoms with Crippen LogP contribution in [0.25, 0.3) is 0 Å². The second-order valence-corrected chi connectivity index (χ2v) is 5.75. The zero-order valence-electron chi connectivity index (χ0n) is 13.1. The van der Waals surface area contributed by atoms with E-state index in [9.17, 15) is 8.78 Å². The predicted octanol–water partition coefficient (Wildman–Crippen LogP) is 3.42. The van der Waals surface area contributed by atoms with Crippen LogP contribution in [0.2, 0.25) is 0 Å². The zero-order chi connectivity index (χ0) is 17.2. The summed E-state index contributed by atoms with van der Waals surface area (Å²) in [7, 11) is 0. The van der Waals surface area contributed by atoms with E-state index >= 15 is 0 Å². The molecular weight excluding hydrogens is 328 g/mol. The van der Waals surface area contributed by atoms with Gasteiger partial charge in [0.2, 0.25) is 5.95 Å². The van der Waals surface area contributed by atoms with Gasteiger partial charge in [0.1, 0.15) is 5.75 Å². The number of alkyl halides is 2. The number of ether oxygens (including phenoxy) is 1. The molecule has 0 bridgehead atoms. The van der Waals surface area contributed by atoms with Gasteiger partial charge in [0.25, 0.3) is 0 Å². The maximum atomic E-state index is 12.3. The number of benzene rings is 2. The van der Waals surface area contributed by atoms with E-state index in [1.165, 1.54) is 12.1 Å². The molecule has 0 unspecified atom stereocenters. The van der Waals surface area contributed by atoms with Gasteiger partial charge in [0.05, 0.1) is 12.1 Å². The number of rotatable bonds is 4. The molecule has 0 radical (unpaired) electrons. The molecule has 6 nitrogen and oxygen atoms in total. The lowest BCUT2D eigenvalue weighted by Gasteiger charge is -2.31. The fraction of sp³-hybridized carbons (Fsp3) is 0.235. The minimum Gasteiger partial charge on any atom is -0.435 e. The van der Waals surface area contributed by atoms with Crippen LogP contribution in [-0.4, -0.2) is 26.8 Å². The number of aromatic nitrogens is 4. The average molecular weight is 343 g/mol. The van der Waals surface area contributed by atoms with Crippen LogP contribution in [0, 0.1) is 0 Å². The van der Waals surface area contributed by atoms with Gasteiger partial charge in [0, 0.05) is 0 Å². The van der Waals surface area contributed by atoms with E-state index in [2.05, 4.69) is 25.6 Å². The fourth-order valence-corrected chi connectivity index (χ4v) is 3.09.